The van der Waals surface area contributed by atoms with Crippen LogP contribution >= 0.6 is 34.8 Å². The zero-order valence-corrected chi connectivity index (χ0v) is 18.3. The number of rotatable bonds is 5. The van der Waals surface area contributed by atoms with Crippen LogP contribution in [0.1, 0.15) is 0 Å². The van der Waals surface area contributed by atoms with Crippen molar-refractivity contribution in [3.05, 3.63) is 93.9 Å². The van der Waals surface area contributed by atoms with Gasteiger partial charge in [0.2, 0.25) is 0 Å². The van der Waals surface area contributed by atoms with Gasteiger partial charge in [0.25, 0.3) is 10.0 Å². The van der Waals surface area contributed by atoms with E-state index in [0.29, 0.717) is 32.0 Å². The number of aromatic nitrogens is 2. The van der Waals surface area contributed by atoms with Gasteiger partial charge in [0.05, 0.1) is 21.3 Å². The van der Waals surface area contributed by atoms with Crippen molar-refractivity contribution >= 4 is 44.8 Å². The van der Waals surface area contributed by atoms with Crippen LogP contribution in [0.2, 0.25) is 15.1 Å². The molecule has 0 aliphatic carbocycles. The lowest BCUT2D eigenvalue weighted by molar-refractivity contribution is 0.592. The SMILES string of the molecule is O=S(=O)(Nn1nc(-c2ccc(Cl)cc2)cc1-c1cc(Cl)ccc1Cl)c1ccccc1. The van der Waals surface area contributed by atoms with E-state index in [1.807, 2.05) is 0 Å². The maximum absolute atomic E-state index is 12.9. The molecule has 1 N–H and O–H groups in total. The molecule has 5 nitrogen and oxygen atoms in total. The van der Waals surface area contributed by atoms with E-state index < -0.39 is 10.0 Å². The van der Waals surface area contributed by atoms with Gasteiger partial charge in [-0.05, 0) is 48.5 Å². The third-order valence-corrected chi connectivity index (χ3v) is 6.44. The van der Waals surface area contributed by atoms with Crippen molar-refractivity contribution in [2.45, 2.75) is 4.90 Å². The average molecular weight is 479 g/mol. The van der Waals surface area contributed by atoms with Gasteiger partial charge in [-0.2, -0.15) is 23.1 Å². The predicted molar refractivity (Wildman–Crippen MR) is 121 cm³/mol. The molecule has 3 aromatic carbocycles. The van der Waals surface area contributed by atoms with Crippen LogP contribution in [0, 0.1) is 0 Å². The second kappa shape index (κ2) is 8.32. The zero-order chi connectivity index (χ0) is 21.3. The van der Waals surface area contributed by atoms with Gasteiger partial charge in [0, 0.05) is 21.2 Å². The first kappa shape index (κ1) is 20.8. The van der Waals surface area contributed by atoms with Gasteiger partial charge in [-0.3, -0.25) is 0 Å². The van der Waals surface area contributed by atoms with Crippen LogP contribution in [-0.4, -0.2) is 18.3 Å². The molecule has 0 amide bonds. The molecule has 9 heteroatoms. The molecule has 0 saturated carbocycles. The number of halogens is 3. The molecule has 4 aromatic rings. The van der Waals surface area contributed by atoms with Crippen molar-refractivity contribution in [2.24, 2.45) is 0 Å². The molecule has 1 aromatic heterocycles. The Hall–Kier alpha value is -2.51. The van der Waals surface area contributed by atoms with E-state index in [0.717, 1.165) is 5.56 Å². The predicted octanol–water partition coefficient (Wildman–Crippen LogP) is 6.11. The lowest BCUT2D eigenvalue weighted by Gasteiger charge is -2.12. The number of sulfonamides is 1. The summed E-state index contributed by atoms with van der Waals surface area (Å²) < 4.78 is 25.8. The molecule has 30 heavy (non-hydrogen) atoms. The largest absolute Gasteiger partial charge is 0.276 e. The van der Waals surface area contributed by atoms with Crippen molar-refractivity contribution < 1.29 is 8.42 Å². The fourth-order valence-electron chi connectivity index (χ4n) is 2.86. The maximum atomic E-state index is 12.9. The number of nitrogens with zero attached hydrogens (tertiary/aromatic N) is 2. The summed E-state index contributed by atoms with van der Waals surface area (Å²) in [7, 11) is -3.89. The Balaban J connectivity index is 1.85. The van der Waals surface area contributed by atoms with Gasteiger partial charge in [-0.15, -0.1) is 0 Å². The molecule has 0 radical (unpaired) electrons. The van der Waals surface area contributed by atoms with Crippen molar-refractivity contribution in [1.82, 2.24) is 9.89 Å². The maximum Gasteiger partial charge on any atom is 0.276 e. The van der Waals surface area contributed by atoms with Crippen LogP contribution in [0.3, 0.4) is 0 Å². The molecular weight excluding hydrogens is 465 g/mol. The quantitative estimate of drug-likeness (QED) is 0.376. The summed E-state index contributed by atoms with van der Waals surface area (Å²) in [5, 5.41) is 5.90. The first-order valence-electron chi connectivity index (χ1n) is 8.73. The Kier molecular flexibility index (Phi) is 5.75. The highest BCUT2D eigenvalue weighted by molar-refractivity contribution is 7.92. The van der Waals surface area contributed by atoms with Gasteiger partial charge >= 0.3 is 0 Å². The van der Waals surface area contributed by atoms with E-state index >= 15 is 0 Å². The minimum atomic E-state index is -3.89. The lowest BCUT2D eigenvalue weighted by atomic mass is 10.1. The average Bonchev–Trinajstić information content (AvgIpc) is 3.14. The molecule has 0 aliphatic heterocycles. The van der Waals surface area contributed by atoms with Crippen molar-refractivity contribution in [1.29, 1.82) is 0 Å². The van der Waals surface area contributed by atoms with Gasteiger partial charge in [0.1, 0.15) is 0 Å². The fourth-order valence-corrected chi connectivity index (χ4v) is 4.36. The Bertz CT molecular complexity index is 1310. The highest BCUT2D eigenvalue weighted by Crippen LogP contribution is 2.33. The lowest BCUT2D eigenvalue weighted by Crippen LogP contribution is -2.25. The van der Waals surface area contributed by atoms with Gasteiger partial charge < -0.3 is 0 Å². The van der Waals surface area contributed by atoms with E-state index in [1.165, 1.54) is 16.9 Å². The minimum Gasteiger partial charge on any atom is -0.200 e. The second-order valence-electron chi connectivity index (χ2n) is 6.37. The third-order valence-electron chi connectivity index (χ3n) is 4.31. The molecule has 0 atom stereocenters. The summed E-state index contributed by atoms with van der Waals surface area (Å²) in [4.78, 5) is 3.79. The summed E-state index contributed by atoms with van der Waals surface area (Å²) in [6, 6.07) is 21.8. The molecule has 1 heterocycles. The third kappa shape index (κ3) is 4.32. The van der Waals surface area contributed by atoms with Crippen molar-refractivity contribution in [3.8, 4) is 22.5 Å². The molecule has 0 bridgehead atoms. The first-order chi connectivity index (χ1) is 14.3. The number of benzene rings is 3. The van der Waals surface area contributed by atoms with Crippen LogP contribution < -0.4 is 4.83 Å². The summed E-state index contributed by atoms with van der Waals surface area (Å²) in [6.07, 6.45) is 0. The van der Waals surface area contributed by atoms with Crippen LogP contribution in [0.5, 0.6) is 0 Å². The molecule has 0 saturated heterocycles. The zero-order valence-electron chi connectivity index (χ0n) is 15.3. The standard InChI is InChI=1S/C21H14Cl3N3O2S/c22-15-8-6-14(7-9-15)20-13-21(18-12-16(23)10-11-19(18)24)27(25-20)26-30(28,29)17-4-2-1-3-5-17/h1-13,26H. The van der Waals surface area contributed by atoms with Gasteiger partial charge in [-0.25, -0.2) is 0 Å². The molecule has 0 spiro atoms. The first-order valence-corrected chi connectivity index (χ1v) is 11.3. The van der Waals surface area contributed by atoms with E-state index in [1.54, 1.807) is 66.7 Å². The molecular formula is C21H14Cl3N3O2S. The normalized spacial score (nSPS) is 11.4. The second-order valence-corrected chi connectivity index (χ2v) is 9.31. The van der Waals surface area contributed by atoms with E-state index in [2.05, 4.69) is 9.93 Å². The summed E-state index contributed by atoms with van der Waals surface area (Å²) >= 11 is 18.5. The van der Waals surface area contributed by atoms with Crippen LogP contribution in [0.25, 0.3) is 22.5 Å². The van der Waals surface area contributed by atoms with Gasteiger partial charge in [0.15, 0.2) is 0 Å². The number of hydrogen-bond acceptors (Lipinski definition) is 3. The van der Waals surface area contributed by atoms with Crippen LogP contribution in [0.15, 0.2) is 83.8 Å². The van der Waals surface area contributed by atoms with E-state index in [9.17, 15) is 8.42 Å². The van der Waals surface area contributed by atoms with E-state index in [-0.39, 0.29) is 4.90 Å². The number of nitrogens with one attached hydrogen (secondary N) is 1. The Morgan fingerprint density at radius 1 is 0.800 bits per heavy atom. The van der Waals surface area contributed by atoms with Crippen molar-refractivity contribution in [3.63, 3.8) is 0 Å². The monoisotopic (exact) mass is 477 g/mol. The molecule has 4 rings (SSSR count). The molecule has 0 unspecified atom stereocenters. The van der Waals surface area contributed by atoms with Crippen molar-refractivity contribution in [2.75, 3.05) is 4.83 Å². The molecule has 0 fully saturated rings. The Morgan fingerprint density at radius 2 is 1.47 bits per heavy atom. The highest BCUT2D eigenvalue weighted by atomic mass is 35.5. The summed E-state index contributed by atoms with van der Waals surface area (Å²) in [5.74, 6) is 0. The van der Waals surface area contributed by atoms with E-state index in [4.69, 9.17) is 34.8 Å². The highest BCUT2D eigenvalue weighted by Gasteiger charge is 2.20. The fraction of sp³-hybridized carbons (Fsp3) is 0. The Labute approximate surface area is 188 Å². The minimum absolute atomic E-state index is 0.108. The smallest absolute Gasteiger partial charge is 0.200 e. The summed E-state index contributed by atoms with van der Waals surface area (Å²) in [6.45, 7) is 0. The van der Waals surface area contributed by atoms with Crippen LogP contribution in [-0.2, 0) is 10.0 Å². The molecule has 0 aliphatic rings. The topological polar surface area (TPSA) is 64.0 Å². The van der Waals surface area contributed by atoms with Crippen LogP contribution in [0.4, 0.5) is 0 Å². The summed E-state index contributed by atoms with van der Waals surface area (Å²) in [5.41, 5.74) is 2.27. The Morgan fingerprint density at radius 3 is 2.17 bits per heavy atom. The number of hydrogen-bond donors (Lipinski definition) is 1. The van der Waals surface area contributed by atoms with Gasteiger partial charge in [-0.1, -0.05) is 65.1 Å². The molecule has 152 valence electrons.